The Morgan fingerprint density at radius 3 is 3.00 bits per heavy atom. The van der Waals surface area contributed by atoms with E-state index in [1.54, 1.807) is 6.20 Å². The third-order valence-electron chi connectivity index (χ3n) is 3.59. The van der Waals surface area contributed by atoms with Crippen molar-refractivity contribution >= 4 is 17.0 Å². The van der Waals surface area contributed by atoms with Crippen molar-refractivity contribution in [2.75, 3.05) is 12.0 Å². The SMILES string of the molecule is c1cncc(CN2CNc3nc4ccccc4n3C2)c1. The molecule has 5 heteroatoms. The van der Waals surface area contributed by atoms with Crippen LogP contribution >= 0.6 is 0 Å². The van der Waals surface area contributed by atoms with Crippen LogP contribution in [0.25, 0.3) is 11.0 Å². The van der Waals surface area contributed by atoms with Gasteiger partial charge >= 0.3 is 0 Å². The number of para-hydroxylation sites is 2. The van der Waals surface area contributed by atoms with Crippen molar-refractivity contribution in [2.24, 2.45) is 0 Å². The molecule has 0 radical (unpaired) electrons. The molecule has 20 heavy (non-hydrogen) atoms. The first-order valence-corrected chi connectivity index (χ1v) is 6.70. The molecule has 0 amide bonds. The van der Waals surface area contributed by atoms with Crippen molar-refractivity contribution in [1.29, 1.82) is 0 Å². The Hall–Kier alpha value is -2.40. The number of hydrogen-bond acceptors (Lipinski definition) is 4. The number of nitrogens with zero attached hydrogens (tertiary/aromatic N) is 4. The lowest BCUT2D eigenvalue weighted by molar-refractivity contribution is 0.213. The Morgan fingerprint density at radius 2 is 2.10 bits per heavy atom. The van der Waals surface area contributed by atoms with Crippen LogP contribution in [0.4, 0.5) is 5.95 Å². The number of fused-ring (bicyclic) bond motifs is 3. The molecule has 1 aliphatic heterocycles. The van der Waals surface area contributed by atoms with Crippen LogP contribution in [-0.2, 0) is 13.2 Å². The average molecular weight is 265 g/mol. The van der Waals surface area contributed by atoms with E-state index in [2.05, 4.69) is 43.0 Å². The van der Waals surface area contributed by atoms with Gasteiger partial charge in [-0.05, 0) is 23.8 Å². The van der Waals surface area contributed by atoms with Gasteiger partial charge in [-0.25, -0.2) is 4.98 Å². The van der Waals surface area contributed by atoms with Crippen molar-refractivity contribution in [2.45, 2.75) is 13.2 Å². The molecule has 0 saturated heterocycles. The highest BCUT2D eigenvalue weighted by atomic mass is 15.4. The van der Waals surface area contributed by atoms with Crippen molar-refractivity contribution in [1.82, 2.24) is 19.4 Å². The second-order valence-electron chi connectivity index (χ2n) is 5.02. The summed E-state index contributed by atoms with van der Waals surface area (Å²) in [7, 11) is 0. The maximum absolute atomic E-state index is 4.61. The molecule has 0 fully saturated rings. The predicted molar refractivity (Wildman–Crippen MR) is 78.0 cm³/mol. The van der Waals surface area contributed by atoms with Crippen LogP contribution in [0.5, 0.6) is 0 Å². The molecule has 0 unspecified atom stereocenters. The van der Waals surface area contributed by atoms with Gasteiger partial charge in [0.05, 0.1) is 24.4 Å². The number of pyridine rings is 1. The summed E-state index contributed by atoms with van der Waals surface area (Å²) in [5.41, 5.74) is 3.44. The Labute approximate surface area is 116 Å². The smallest absolute Gasteiger partial charge is 0.206 e. The van der Waals surface area contributed by atoms with Gasteiger partial charge in [0, 0.05) is 18.9 Å². The molecule has 1 N–H and O–H groups in total. The van der Waals surface area contributed by atoms with Crippen LogP contribution in [0.3, 0.4) is 0 Å². The molecule has 3 heterocycles. The number of aromatic nitrogens is 3. The molecular weight excluding hydrogens is 250 g/mol. The zero-order valence-electron chi connectivity index (χ0n) is 11.0. The maximum atomic E-state index is 4.61. The molecule has 4 rings (SSSR count). The second kappa shape index (κ2) is 4.61. The van der Waals surface area contributed by atoms with Crippen LogP contribution in [0.2, 0.25) is 0 Å². The summed E-state index contributed by atoms with van der Waals surface area (Å²) in [4.78, 5) is 11.1. The molecule has 1 aliphatic rings. The summed E-state index contributed by atoms with van der Waals surface area (Å²) in [6.45, 7) is 2.53. The van der Waals surface area contributed by atoms with E-state index in [0.29, 0.717) is 0 Å². The van der Waals surface area contributed by atoms with Crippen LogP contribution in [0.1, 0.15) is 5.56 Å². The van der Waals surface area contributed by atoms with Crippen LogP contribution in [0.15, 0.2) is 48.8 Å². The molecule has 3 aromatic rings. The molecule has 0 saturated carbocycles. The highest BCUT2D eigenvalue weighted by molar-refractivity contribution is 5.78. The molecule has 100 valence electrons. The van der Waals surface area contributed by atoms with E-state index in [-0.39, 0.29) is 0 Å². The largest absolute Gasteiger partial charge is 0.343 e. The van der Waals surface area contributed by atoms with Gasteiger partial charge in [0.15, 0.2) is 0 Å². The minimum Gasteiger partial charge on any atom is -0.343 e. The predicted octanol–water partition coefficient (Wildman–Crippen LogP) is 2.27. The minimum atomic E-state index is 0.804. The molecular formula is C15H15N5. The average Bonchev–Trinajstić information content (AvgIpc) is 2.86. The lowest BCUT2D eigenvalue weighted by Gasteiger charge is -2.29. The Balaban J connectivity index is 1.63. The quantitative estimate of drug-likeness (QED) is 0.772. The third kappa shape index (κ3) is 1.92. The topological polar surface area (TPSA) is 46.0 Å². The van der Waals surface area contributed by atoms with Gasteiger partial charge < -0.3 is 5.32 Å². The second-order valence-corrected chi connectivity index (χ2v) is 5.02. The lowest BCUT2D eigenvalue weighted by Crippen LogP contribution is -2.36. The minimum absolute atomic E-state index is 0.804. The van der Waals surface area contributed by atoms with E-state index in [1.807, 2.05) is 24.4 Å². The van der Waals surface area contributed by atoms with E-state index in [4.69, 9.17) is 0 Å². The third-order valence-corrected chi connectivity index (χ3v) is 3.59. The Bertz CT molecular complexity index is 734. The van der Waals surface area contributed by atoms with Gasteiger partial charge in [0.1, 0.15) is 0 Å². The first kappa shape index (κ1) is 11.4. The number of hydrogen-bond donors (Lipinski definition) is 1. The number of benzene rings is 1. The highest BCUT2D eigenvalue weighted by Gasteiger charge is 2.18. The molecule has 0 spiro atoms. The monoisotopic (exact) mass is 265 g/mol. The van der Waals surface area contributed by atoms with Gasteiger partial charge in [-0.2, -0.15) is 0 Å². The summed E-state index contributed by atoms with van der Waals surface area (Å²) < 4.78 is 2.22. The standard InChI is InChI=1S/C15H15N5/c1-2-6-14-13(5-1)18-15-17-10-19(11-20(14)15)9-12-4-3-7-16-8-12/h1-8H,9-11H2,(H,17,18). The Kier molecular flexibility index (Phi) is 2.63. The van der Waals surface area contributed by atoms with Gasteiger partial charge in [0.2, 0.25) is 5.95 Å². The van der Waals surface area contributed by atoms with E-state index < -0.39 is 0 Å². The normalized spacial score (nSPS) is 15.0. The van der Waals surface area contributed by atoms with Crippen molar-refractivity contribution in [3.05, 3.63) is 54.4 Å². The van der Waals surface area contributed by atoms with Crippen molar-refractivity contribution in [3.63, 3.8) is 0 Å². The van der Waals surface area contributed by atoms with Crippen LogP contribution in [-0.4, -0.2) is 26.1 Å². The molecule has 0 aliphatic carbocycles. The molecule has 0 atom stereocenters. The molecule has 5 nitrogen and oxygen atoms in total. The van der Waals surface area contributed by atoms with E-state index in [9.17, 15) is 0 Å². The number of nitrogens with one attached hydrogen (secondary N) is 1. The van der Waals surface area contributed by atoms with Crippen molar-refractivity contribution in [3.8, 4) is 0 Å². The van der Waals surface area contributed by atoms with Gasteiger partial charge in [-0.15, -0.1) is 0 Å². The summed E-state index contributed by atoms with van der Waals surface area (Å²) in [5.74, 6) is 0.952. The molecule has 2 aromatic heterocycles. The summed E-state index contributed by atoms with van der Waals surface area (Å²) in [6.07, 6.45) is 3.72. The van der Waals surface area contributed by atoms with Crippen molar-refractivity contribution < 1.29 is 0 Å². The fourth-order valence-electron chi connectivity index (χ4n) is 2.64. The first-order chi connectivity index (χ1) is 9.90. The van der Waals surface area contributed by atoms with Crippen LogP contribution in [0, 0.1) is 0 Å². The number of rotatable bonds is 2. The van der Waals surface area contributed by atoms with Gasteiger partial charge in [0.25, 0.3) is 0 Å². The molecule has 1 aromatic carbocycles. The highest BCUT2D eigenvalue weighted by Crippen LogP contribution is 2.23. The fraction of sp³-hybridized carbons (Fsp3) is 0.200. The fourth-order valence-corrected chi connectivity index (χ4v) is 2.64. The zero-order chi connectivity index (χ0) is 13.4. The maximum Gasteiger partial charge on any atom is 0.206 e. The molecule has 0 bridgehead atoms. The van der Waals surface area contributed by atoms with Gasteiger partial charge in [-0.3, -0.25) is 14.5 Å². The number of anilines is 1. The van der Waals surface area contributed by atoms with E-state index in [1.165, 1.54) is 11.1 Å². The summed E-state index contributed by atoms with van der Waals surface area (Å²) >= 11 is 0. The summed E-state index contributed by atoms with van der Waals surface area (Å²) in [5, 5.41) is 3.38. The van der Waals surface area contributed by atoms with Gasteiger partial charge in [-0.1, -0.05) is 18.2 Å². The Morgan fingerprint density at radius 1 is 1.15 bits per heavy atom. The number of imidazole rings is 1. The summed E-state index contributed by atoms with van der Waals surface area (Å²) in [6, 6.07) is 12.3. The van der Waals surface area contributed by atoms with Crippen LogP contribution < -0.4 is 5.32 Å². The lowest BCUT2D eigenvalue weighted by atomic mass is 10.3. The van der Waals surface area contributed by atoms with E-state index in [0.717, 1.165) is 31.3 Å². The first-order valence-electron chi connectivity index (χ1n) is 6.70. The zero-order valence-corrected chi connectivity index (χ0v) is 11.0. The van der Waals surface area contributed by atoms with E-state index >= 15 is 0 Å².